The van der Waals surface area contributed by atoms with Crippen LogP contribution >= 0.6 is 0 Å². The molecule has 9 heteroatoms. The summed E-state index contributed by atoms with van der Waals surface area (Å²) in [4.78, 5) is 39.9. The van der Waals surface area contributed by atoms with Crippen LogP contribution in [0.4, 0.5) is 11.4 Å². The second kappa shape index (κ2) is 11.2. The lowest BCUT2D eigenvalue weighted by Crippen LogP contribution is -2.41. The average molecular weight is 489 g/mol. The van der Waals surface area contributed by atoms with Gasteiger partial charge in [0.05, 0.1) is 43.0 Å². The van der Waals surface area contributed by atoms with E-state index in [-0.39, 0.29) is 28.6 Å². The van der Waals surface area contributed by atoms with E-state index >= 15 is 0 Å². The summed E-state index contributed by atoms with van der Waals surface area (Å²) in [5.74, 6) is -2.81. The monoisotopic (exact) mass is 488 g/mol. The van der Waals surface area contributed by atoms with Gasteiger partial charge in [0.15, 0.2) is 0 Å². The quantitative estimate of drug-likeness (QED) is 0.564. The summed E-state index contributed by atoms with van der Waals surface area (Å²) in [6.07, 6.45) is 1.02. The Morgan fingerprint density at radius 1 is 1.08 bits per heavy atom. The average Bonchev–Trinajstić information content (AvgIpc) is 2.88. The molecule has 3 rings (SSSR count). The Hall–Kier alpha value is -4.58. The Morgan fingerprint density at radius 2 is 1.75 bits per heavy atom. The van der Waals surface area contributed by atoms with Crippen molar-refractivity contribution in [1.29, 1.82) is 5.26 Å². The summed E-state index contributed by atoms with van der Waals surface area (Å²) in [6, 6.07) is 16.0. The number of benzene rings is 2. The Bertz CT molecular complexity index is 1290. The van der Waals surface area contributed by atoms with Gasteiger partial charge in [-0.1, -0.05) is 43.3 Å². The molecule has 1 atom stereocenters. The van der Waals surface area contributed by atoms with Crippen molar-refractivity contribution in [3.05, 3.63) is 82.3 Å². The predicted octanol–water partition coefficient (Wildman–Crippen LogP) is 3.63. The summed E-state index contributed by atoms with van der Waals surface area (Å²) in [5.41, 5.74) is 8.47. The van der Waals surface area contributed by atoms with Crippen LogP contribution in [0.15, 0.2) is 71.2 Å². The normalized spacial score (nSPS) is 15.3. The number of rotatable bonds is 7. The van der Waals surface area contributed by atoms with Gasteiger partial charge in [0.1, 0.15) is 11.5 Å². The summed E-state index contributed by atoms with van der Waals surface area (Å²) >= 11 is 0. The van der Waals surface area contributed by atoms with E-state index in [1.165, 1.54) is 19.1 Å². The lowest BCUT2D eigenvalue weighted by molar-refractivity contribution is -0.139. The molecule has 2 aromatic carbocycles. The molecule has 1 aliphatic heterocycles. The molecule has 1 heterocycles. The minimum Gasteiger partial charge on any atom is -0.466 e. The van der Waals surface area contributed by atoms with Gasteiger partial charge in [-0.25, -0.2) is 9.59 Å². The fourth-order valence-corrected chi connectivity index (χ4v) is 4.14. The summed E-state index contributed by atoms with van der Waals surface area (Å²) in [7, 11) is 2.38. The van der Waals surface area contributed by atoms with E-state index in [0.717, 1.165) is 0 Å². The number of methoxy groups -OCH3 is 2. The molecule has 1 unspecified atom stereocenters. The van der Waals surface area contributed by atoms with E-state index in [4.69, 9.17) is 15.2 Å². The molecule has 9 nitrogen and oxygen atoms in total. The first kappa shape index (κ1) is 26.0. The highest BCUT2D eigenvalue weighted by Crippen LogP contribution is 2.44. The van der Waals surface area contributed by atoms with Gasteiger partial charge < -0.3 is 20.5 Å². The van der Waals surface area contributed by atoms with Gasteiger partial charge >= 0.3 is 11.9 Å². The number of ether oxygens (including phenoxy) is 2. The number of nitrogens with zero attached hydrogens (tertiary/aromatic N) is 2. The van der Waals surface area contributed by atoms with Crippen LogP contribution in [0.5, 0.6) is 0 Å². The zero-order chi connectivity index (χ0) is 26.4. The number of allylic oxidation sites excluding steroid dienone is 1. The highest BCUT2D eigenvalue weighted by atomic mass is 16.5. The zero-order valence-corrected chi connectivity index (χ0v) is 20.6. The van der Waals surface area contributed by atoms with Gasteiger partial charge in [-0.3, -0.25) is 9.69 Å². The van der Waals surface area contributed by atoms with Crippen molar-refractivity contribution in [2.24, 2.45) is 5.73 Å². The third kappa shape index (κ3) is 4.93. The maximum absolute atomic E-state index is 13.2. The highest BCUT2D eigenvalue weighted by Gasteiger charge is 2.43. The zero-order valence-electron chi connectivity index (χ0n) is 20.6. The number of carbonyl (C=O) groups is 3. The number of aryl methyl sites for hydroxylation is 1. The van der Waals surface area contributed by atoms with Crippen LogP contribution in [0.3, 0.4) is 0 Å². The lowest BCUT2D eigenvalue weighted by atomic mass is 9.80. The van der Waals surface area contributed by atoms with Gasteiger partial charge in [-0.15, -0.1) is 0 Å². The number of nitriles is 1. The summed E-state index contributed by atoms with van der Waals surface area (Å²) in [6.45, 7) is 3.68. The lowest BCUT2D eigenvalue weighted by Gasteiger charge is -2.36. The maximum Gasteiger partial charge on any atom is 0.355 e. The van der Waals surface area contributed by atoms with Crippen molar-refractivity contribution in [3.8, 4) is 6.07 Å². The molecule has 1 aliphatic rings. The molecule has 2 aromatic rings. The summed E-state index contributed by atoms with van der Waals surface area (Å²) < 4.78 is 10.1. The molecular formula is C27H28N4O5. The molecule has 186 valence electrons. The standard InChI is InChI=1S/C27H28N4O5/c1-5-9-21(32)30-18-13-12-16(2)20(14-18)31-24(27(34)36-4)23(26(33)35-3)22(19(15-28)25(31)29)17-10-7-6-8-11-17/h6-8,10-14,22H,5,9,29H2,1-4H3,(H,30,32). The predicted molar refractivity (Wildman–Crippen MR) is 134 cm³/mol. The number of esters is 2. The van der Waals surface area contributed by atoms with Gasteiger partial charge in [0.25, 0.3) is 0 Å². The number of nitrogens with two attached hydrogens (primary N) is 1. The van der Waals surface area contributed by atoms with Gasteiger partial charge in [-0.2, -0.15) is 5.26 Å². The van der Waals surface area contributed by atoms with Crippen LogP contribution in [0.1, 0.15) is 36.8 Å². The summed E-state index contributed by atoms with van der Waals surface area (Å²) in [5, 5.41) is 13.0. The number of hydrogen-bond donors (Lipinski definition) is 2. The molecule has 0 aromatic heterocycles. The molecule has 0 saturated heterocycles. The molecule has 0 fully saturated rings. The minimum atomic E-state index is -0.957. The Kier molecular flexibility index (Phi) is 8.12. The minimum absolute atomic E-state index is 0.0421. The van der Waals surface area contributed by atoms with Crippen LogP contribution in [-0.4, -0.2) is 32.1 Å². The number of amides is 1. The largest absolute Gasteiger partial charge is 0.466 e. The van der Waals surface area contributed by atoms with E-state index in [1.54, 1.807) is 55.5 Å². The van der Waals surface area contributed by atoms with E-state index < -0.39 is 17.9 Å². The molecule has 3 N–H and O–H groups in total. The molecule has 1 amide bonds. The number of hydrogen-bond acceptors (Lipinski definition) is 8. The molecular weight excluding hydrogens is 460 g/mol. The SMILES string of the molecule is CCCC(=O)Nc1ccc(C)c(N2C(N)=C(C#N)C(c3ccccc3)C(C(=O)OC)=C2C(=O)OC)c1. The van der Waals surface area contributed by atoms with Crippen LogP contribution in [0.25, 0.3) is 0 Å². The number of carbonyl (C=O) groups excluding carboxylic acids is 3. The highest BCUT2D eigenvalue weighted by molar-refractivity contribution is 6.06. The maximum atomic E-state index is 13.2. The fraction of sp³-hybridized carbons (Fsp3) is 0.259. The van der Waals surface area contributed by atoms with Gasteiger partial charge in [0, 0.05) is 12.1 Å². The second-order valence-electron chi connectivity index (χ2n) is 8.13. The van der Waals surface area contributed by atoms with Crippen LogP contribution in [-0.2, 0) is 23.9 Å². The van der Waals surface area contributed by atoms with Gasteiger partial charge in [-0.05, 0) is 36.6 Å². The van der Waals surface area contributed by atoms with Crippen LogP contribution < -0.4 is 16.0 Å². The van der Waals surface area contributed by atoms with Crippen molar-refractivity contribution in [2.75, 3.05) is 24.4 Å². The molecule has 0 saturated carbocycles. The Morgan fingerprint density at radius 3 is 2.33 bits per heavy atom. The van der Waals surface area contributed by atoms with E-state index in [9.17, 15) is 19.6 Å². The molecule has 0 aliphatic carbocycles. The van der Waals surface area contributed by atoms with E-state index in [0.29, 0.717) is 35.3 Å². The third-order valence-electron chi connectivity index (χ3n) is 5.82. The number of nitrogens with one attached hydrogen (secondary N) is 1. The first-order valence-corrected chi connectivity index (χ1v) is 11.3. The van der Waals surface area contributed by atoms with Crippen molar-refractivity contribution in [2.45, 2.75) is 32.6 Å². The number of anilines is 2. The van der Waals surface area contributed by atoms with Crippen molar-refractivity contribution in [3.63, 3.8) is 0 Å². The second-order valence-corrected chi connectivity index (χ2v) is 8.13. The first-order chi connectivity index (χ1) is 17.3. The molecule has 0 radical (unpaired) electrons. The third-order valence-corrected chi connectivity index (χ3v) is 5.82. The fourth-order valence-electron chi connectivity index (χ4n) is 4.14. The van der Waals surface area contributed by atoms with Crippen molar-refractivity contribution in [1.82, 2.24) is 0 Å². The van der Waals surface area contributed by atoms with Crippen LogP contribution in [0, 0.1) is 18.3 Å². The molecule has 0 spiro atoms. The molecule has 36 heavy (non-hydrogen) atoms. The Labute approximate surface area is 209 Å². The van der Waals surface area contributed by atoms with E-state index in [1.807, 2.05) is 6.92 Å². The van der Waals surface area contributed by atoms with E-state index in [2.05, 4.69) is 11.4 Å². The topological polar surface area (TPSA) is 135 Å². The van der Waals surface area contributed by atoms with Gasteiger partial charge in [0.2, 0.25) is 5.91 Å². The molecule has 0 bridgehead atoms. The van der Waals surface area contributed by atoms with Crippen molar-refractivity contribution < 1.29 is 23.9 Å². The van der Waals surface area contributed by atoms with Crippen molar-refractivity contribution >= 4 is 29.2 Å². The smallest absolute Gasteiger partial charge is 0.355 e. The Balaban J connectivity index is 2.34. The van der Waals surface area contributed by atoms with Crippen LogP contribution in [0.2, 0.25) is 0 Å². The first-order valence-electron chi connectivity index (χ1n) is 11.3.